The molecule has 0 unspecified atom stereocenters. The highest BCUT2D eigenvalue weighted by atomic mass is 35.5. The van der Waals surface area contributed by atoms with Crippen LogP contribution < -0.4 is 15.4 Å². The predicted molar refractivity (Wildman–Crippen MR) is 112 cm³/mol. The molecule has 1 aliphatic rings. The maximum Gasteiger partial charge on any atom is 0.417 e. The van der Waals surface area contributed by atoms with Crippen molar-refractivity contribution in [3.63, 3.8) is 0 Å². The predicted octanol–water partition coefficient (Wildman–Crippen LogP) is 4.38. The minimum atomic E-state index is -4.50. The zero-order valence-electron chi connectivity index (χ0n) is 17.4. The normalized spacial score (nSPS) is 18.5. The second-order valence-corrected chi connectivity index (χ2v) is 8.20. The summed E-state index contributed by atoms with van der Waals surface area (Å²) in [4.78, 5) is 27.8. The molecule has 178 valence electrons. The number of carbonyl (C=O) groups excluding carboxylic acids is 2. The molecule has 1 fully saturated rings. The summed E-state index contributed by atoms with van der Waals surface area (Å²) >= 11 is 5.60. The third-order valence-corrected chi connectivity index (χ3v) is 5.65. The summed E-state index contributed by atoms with van der Waals surface area (Å²) in [6.45, 7) is 0.116. The summed E-state index contributed by atoms with van der Waals surface area (Å²) in [5.41, 5.74) is -0.991. The molecule has 0 radical (unpaired) electrons. The van der Waals surface area contributed by atoms with Crippen molar-refractivity contribution in [3.8, 4) is 5.75 Å². The molecule has 2 N–H and O–H groups in total. The number of hydrogen-bond donors (Lipinski definition) is 2. The first-order valence-electron chi connectivity index (χ1n) is 10.3. The van der Waals surface area contributed by atoms with E-state index in [2.05, 4.69) is 15.6 Å². The standard InChI is InChI=1S/C22H22ClF4N3O3/c23-17-7-6-16(9-18(17)24)33-12-20(31)30-15-4-1-13(2-5-15)10-29-21(32)19-8-3-14(11-28-19)22(25,26)27/h3,6-9,11,13,15H,1-2,4-5,10,12H2,(H,29,32)(H,30,31)/t13-,15-. The van der Waals surface area contributed by atoms with E-state index in [-0.39, 0.29) is 40.9 Å². The van der Waals surface area contributed by atoms with Crippen molar-refractivity contribution in [2.45, 2.75) is 37.9 Å². The Morgan fingerprint density at radius 2 is 1.85 bits per heavy atom. The maximum absolute atomic E-state index is 13.4. The van der Waals surface area contributed by atoms with Crippen LogP contribution >= 0.6 is 11.6 Å². The molecule has 0 spiro atoms. The van der Waals surface area contributed by atoms with Crippen molar-refractivity contribution < 1.29 is 31.9 Å². The molecule has 1 aromatic carbocycles. The molecular weight excluding hydrogens is 466 g/mol. The molecule has 1 heterocycles. The SMILES string of the molecule is O=C(COc1ccc(Cl)c(F)c1)N[C@H]1CC[C@H](CNC(=O)c2ccc(C(F)(F)F)cn2)CC1. The first-order valence-corrected chi connectivity index (χ1v) is 10.7. The van der Waals surface area contributed by atoms with Crippen LogP contribution in [0.15, 0.2) is 36.5 Å². The van der Waals surface area contributed by atoms with Gasteiger partial charge in [-0.1, -0.05) is 11.6 Å². The van der Waals surface area contributed by atoms with E-state index >= 15 is 0 Å². The number of pyridine rings is 1. The Morgan fingerprint density at radius 3 is 2.45 bits per heavy atom. The van der Waals surface area contributed by atoms with Gasteiger partial charge in [0.15, 0.2) is 6.61 Å². The Hall–Kier alpha value is -2.88. The van der Waals surface area contributed by atoms with E-state index in [1.54, 1.807) is 0 Å². The molecular formula is C22H22ClF4N3O3. The fourth-order valence-corrected chi connectivity index (χ4v) is 3.64. The van der Waals surface area contributed by atoms with Crippen LogP contribution in [-0.2, 0) is 11.0 Å². The lowest BCUT2D eigenvalue weighted by Crippen LogP contribution is -2.41. The first-order chi connectivity index (χ1) is 15.6. The van der Waals surface area contributed by atoms with Gasteiger partial charge in [-0.3, -0.25) is 14.6 Å². The minimum absolute atomic E-state index is 0.0321. The molecule has 2 amide bonds. The first kappa shape index (κ1) is 24.8. The lowest BCUT2D eigenvalue weighted by atomic mass is 9.86. The van der Waals surface area contributed by atoms with Crippen LogP contribution in [0.2, 0.25) is 5.02 Å². The van der Waals surface area contributed by atoms with Crippen LogP contribution in [0, 0.1) is 11.7 Å². The van der Waals surface area contributed by atoms with E-state index in [9.17, 15) is 27.2 Å². The van der Waals surface area contributed by atoms with E-state index in [4.69, 9.17) is 16.3 Å². The summed E-state index contributed by atoms with van der Waals surface area (Å²) in [6.07, 6.45) is -0.934. The van der Waals surface area contributed by atoms with E-state index in [0.29, 0.717) is 25.6 Å². The van der Waals surface area contributed by atoms with E-state index < -0.39 is 23.5 Å². The van der Waals surface area contributed by atoms with Crippen LogP contribution in [0.5, 0.6) is 5.75 Å². The number of alkyl halides is 3. The van der Waals surface area contributed by atoms with E-state index in [0.717, 1.165) is 31.0 Å². The van der Waals surface area contributed by atoms with Gasteiger partial charge in [0.1, 0.15) is 17.3 Å². The van der Waals surface area contributed by atoms with Gasteiger partial charge in [0.25, 0.3) is 11.8 Å². The Balaban J connectivity index is 1.36. The monoisotopic (exact) mass is 487 g/mol. The molecule has 1 aliphatic carbocycles. The van der Waals surface area contributed by atoms with Gasteiger partial charge in [-0.2, -0.15) is 13.2 Å². The molecule has 1 saturated carbocycles. The van der Waals surface area contributed by atoms with Gasteiger partial charge in [-0.05, 0) is 55.9 Å². The Labute approximate surface area is 192 Å². The smallest absolute Gasteiger partial charge is 0.417 e. The second-order valence-electron chi connectivity index (χ2n) is 7.79. The number of ether oxygens (including phenoxy) is 1. The molecule has 0 bridgehead atoms. The Kier molecular flexibility index (Phi) is 8.12. The van der Waals surface area contributed by atoms with Crippen molar-refractivity contribution in [1.29, 1.82) is 0 Å². The maximum atomic E-state index is 13.4. The summed E-state index contributed by atoms with van der Waals surface area (Å²) in [5, 5.41) is 5.54. The molecule has 0 atom stereocenters. The van der Waals surface area contributed by atoms with Gasteiger partial charge in [0.05, 0.1) is 10.6 Å². The average molecular weight is 488 g/mol. The number of nitrogens with zero attached hydrogens (tertiary/aromatic N) is 1. The third kappa shape index (κ3) is 7.31. The number of hydrogen-bond acceptors (Lipinski definition) is 4. The van der Waals surface area contributed by atoms with Crippen LogP contribution in [0.3, 0.4) is 0 Å². The molecule has 0 aliphatic heterocycles. The summed E-state index contributed by atoms with van der Waals surface area (Å²) < 4.78 is 56.4. The minimum Gasteiger partial charge on any atom is -0.484 e. The van der Waals surface area contributed by atoms with Crippen molar-refractivity contribution in [2.75, 3.05) is 13.2 Å². The van der Waals surface area contributed by atoms with Gasteiger partial charge >= 0.3 is 6.18 Å². The number of amides is 2. The highest BCUT2D eigenvalue weighted by Gasteiger charge is 2.31. The largest absolute Gasteiger partial charge is 0.484 e. The van der Waals surface area contributed by atoms with E-state index in [1.807, 2.05) is 0 Å². The van der Waals surface area contributed by atoms with Crippen molar-refractivity contribution in [3.05, 3.63) is 58.6 Å². The zero-order valence-corrected chi connectivity index (χ0v) is 18.2. The average Bonchev–Trinajstić information content (AvgIpc) is 2.78. The van der Waals surface area contributed by atoms with Crippen LogP contribution in [0.4, 0.5) is 17.6 Å². The van der Waals surface area contributed by atoms with Crippen molar-refractivity contribution in [2.24, 2.45) is 5.92 Å². The number of benzene rings is 1. The molecule has 1 aromatic heterocycles. The highest BCUT2D eigenvalue weighted by Crippen LogP contribution is 2.28. The quantitative estimate of drug-likeness (QED) is 0.568. The summed E-state index contributed by atoms with van der Waals surface area (Å²) in [7, 11) is 0. The topological polar surface area (TPSA) is 80.3 Å². The van der Waals surface area contributed by atoms with E-state index in [1.165, 1.54) is 12.1 Å². The zero-order chi connectivity index (χ0) is 24.0. The summed E-state index contributed by atoms with van der Waals surface area (Å²) in [6, 6.07) is 5.76. The molecule has 3 rings (SSSR count). The Bertz CT molecular complexity index is 978. The molecule has 11 heteroatoms. The van der Waals surface area contributed by atoms with Crippen molar-refractivity contribution in [1.82, 2.24) is 15.6 Å². The number of rotatable bonds is 7. The number of carbonyl (C=O) groups is 2. The van der Waals surface area contributed by atoms with Gasteiger partial charge in [0.2, 0.25) is 0 Å². The molecule has 33 heavy (non-hydrogen) atoms. The molecule has 6 nitrogen and oxygen atoms in total. The van der Waals surface area contributed by atoms with Gasteiger partial charge < -0.3 is 15.4 Å². The van der Waals surface area contributed by atoms with Crippen LogP contribution in [0.25, 0.3) is 0 Å². The van der Waals surface area contributed by atoms with Crippen LogP contribution in [0.1, 0.15) is 41.7 Å². The lowest BCUT2D eigenvalue weighted by Gasteiger charge is -2.29. The van der Waals surface area contributed by atoms with Gasteiger partial charge in [-0.15, -0.1) is 0 Å². The lowest BCUT2D eigenvalue weighted by molar-refractivity contribution is -0.137. The number of aromatic nitrogens is 1. The van der Waals surface area contributed by atoms with Crippen LogP contribution in [-0.4, -0.2) is 36.0 Å². The Morgan fingerprint density at radius 1 is 1.12 bits per heavy atom. The highest BCUT2D eigenvalue weighted by molar-refractivity contribution is 6.30. The number of halogens is 5. The third-order valence-electron chi connectivity index (χ3n) is 5.35. The summed E-state index contributed by atoms with van der Waals surface area (Å²) in [5.74, 6) is -1.10. The van der Waals surface area contributed by atoms with Crippen molar-refractivity contribution >= 4 is 23.4 Å². The molecule has 0 saturated heterocycles. The van der Waals surface area contributed by atoms with Gasteiger partial charge in [0, 0.05) is 24.8 Å². The van der Waals surface area contributed by atoms with Gasteiger partial charge in [-0.25, -0.2) is 4.39 Å². The fraction of sp³-hybridized carbons (Fsp3) is 0.409. The fourth-order valence-electron chi connectivity index (χ4n) is 3.52. The second kappa shape index (κ2) is 10.8. The number of nitrogens with one attached hydrogen (secondary N) is 2. The molecule has 2 aromatic rings.